The van der Waals surface area contributed by atoms with Gasteiger partial charge >= 0.3 is 0 Å². The van der Waals surface area contributed by atoms with Crippen molar-refractivity contribution in [3.63, 3.8) is 0 Å². The Bertz CT molecular complexity index is 437. The number of carbonyl (C=O) groups excluding carboxylic acids is 1. The van der Waals surface area contributed by atoms with Gasteiger partial charge in [-0.15, -0.1) is 0 Å². The number of nitrogens with zero attached hydrogens (tertiary/aromatic N) is 2. The summed E-state index contributed by atoms with van der Waals surface area (Å²) in [4.78, 5) is 11.6. The Morgan fingerprint density at radius 2 is 2.06 bits per heavy atom. The molecule has 0 spiro atoms. The van der Waals surface area contributed by atoms with Gasteiger partial charge in [-0.25, -0.2) is 0 Å². The number of amides is 1. The van der Waals surface area contributed by atoms with E-state index in [0.29, 0.717) is 18.7 Å². The lowest BCUT2D eigenvalue weighted by atomic mass is 10.2. The third-order valence-corrected chi connectivity index (χ3v) is 2.22. The summed E-state index contributed by atoms with van der Waals surface area (Å²) >= 11 is 0. The minimum Gasteiger partial charge on any atom is -0.350 e. The summed E-state index contributed by atoms with van der Waals surface area (Å²) in [6.45, 7) is 1.26. The van der Waals surface area contributed by atoms with Crippen molar-refractivity contribution in [2.24, 2.45) is 0 Å². The van der Waals surface area contributed by atoms with E-state index in [-0.39, 0.29) is 5.91 Å². The maximum absolute atomic E-state index is 11.6. The highest BCUT2D eigenvalue weighted by molar-refractivity contribution is 5.94. The van der Waals surface area contributed by atoms with E-state index in [1.54, 1.807) is 23.0 Å². The third kappa shape index (κ3) is 2.70. The van der Waals surface area contributed by atoms with Gasteiger partial charge in [0, 0.05) is 24.5 Å². The van der Waals surface area contributed by atoms with Gasteiger partial charge in [0.05, 0.1) is 6.54 Å². The van der Waals surface area contributed by atoms with Gasteiger partial charge in [-0.3, -0.25) is 9.48 Å². The molecule has 1 aromatic carbocycles. The number of hydrogen-bond acceptors (Lipinski definition) is 2. The van der Waals surface area contributed by atoms with Gasteiger partial charge in [-0.05, 0) is 18.2 Å². The molecule has 1 aromatic heterocycles. The topological polar surface area (TPSA) is 46.9 Å². The Morgan fingerprint density at radius 1 is 1.25 bits per heavy atom. The standard InChI is InChI=1S/C12H13N3O/c16-12(11-5-2-1-3-6-11)13-8-10-15-9-4-7-14-15/h1-7,9H,8,10H2,(H,13,16). The lowest BCUT2D eigenvalue weighted by molar-refractivity contribution is 0.0952. The fourth-order valence-electron chi connectivity index (χ4n) is 1.41. The molecule has 2 aromatic rings. The molecule has 0 aliphatic heterocycles. The van der Waals surface area contributed by atoms with E-state index in [2.05, 4.69) is 10.4 Å². The fourth-order valence-corrected chi connectivity index (χ4v) is 1.41. The highest BCUT2D eigenvalue weighted by atomic mass is 16.1. The lowest BCUT2D eigenvalue weighted by Crippen LogP contribution is -2.27. The van der Waals surface area contributed by atoms with Gasteiger partial charge in [0.2, 0.25) is 0 Å². The first-order chi connectivity index (χ1) is 7.86. The van der Waals surface area contributed by atoms with Crippen LogP contribution in [0.2, 0.25) is 0 Å². The third-order valence-electron chi connectivity index (χ3n) is 2.22. The summed E-state index contributed by atoms with van der Waals surface area (Å²) in [6.07, 6.45) is 3.59. The van der Waals surface area contributed by atoms with Crippen LogP contribution in [0, 0.1) is 0 Å². The summed E-state index contributed by atoms with van der Waals surface area (Å²) in [7, 11) is 0. The number of aromatic nitrogens is 2. The van der Waals surface area contributed by atoms with Gasteiger partial charge < -0.3 is 5.32 Å². The van der Waals surface area contributed by atoms with E-state index in [1.165, 1.54) is 0 Å². The van der Waals surface area contributed by atoms with Crippen LogP contribution in [-0.4, -0.2) is 22.2 Å². The Morgan fingerprint density at radius 3 is 2.75 bits per heavy atom. The highest BCUT2D eigenvalue weighted by Crippen LogP contribution is 1.97. The lowest BCUT2D eigenvalue weighted by Gasteiger charge is -2.05. The first-order valence-electron chi connectivity index (χ1n) is 5.17. The molecule has 0 saturated heterocycles. The maximum Gasteiger partial charge on any atom is 0.251 e. The van der Waals surface area contributed by atoms with Crippen LogP contribution in [0.4, 0.5) is 0 Å². The van der Waals surface area contributed by atoms with Gasteiger partial charge in [0.1, 0.15) is 0 Å². The smallest absolute Gasteiger partial charge is 0.251 e. The van der Waals surface area contributed by atoms with E-state index in [9.17, 15) is 4.79 Å². The Hall–Kier alpha value is -2.10. The summed E-state index contributed by atoms with van der Waals surface area (Å²) in [5, 5.41) is 6.89. The molecule has 0 atom stereocenters. The summed E-state index contributed by atoms with van der Waals surface area (Å²) in [6, 6.07) is 11.0. The second kappa shape index (κ2) is 5.11. The van der Waals surface area contributed by atoms with Gasteiger partial charge in [-0.1, -0.05) is 18.2 Å². The van der Waals surface area contributed by atoms with Crippen LogP contribution in [0.25, 0.3) is 0 Å². The quantitative estimate of drug-likeness (QED) is 0.836. The number of hydrogen-bond donors (Lipinski definition) is 1. The molecule has 16 heavy (non-hydrogen) atoms. The summed E-state index contributed by atoms with van der Waals surface area (Å²) in [5.41, 5.74) is 0.683. The van der Waals surface area contributed by atoms with Crippen LogP contribution in [0.1, 0.15) is 10.4 Å². The fraction of sp³-hybridized carbons (Fsp3) is 0.167. The molecule has 1 heterocycles. The molecule has 0 unspecified atom stereocenters. The van der Waals surface area contributed by atoms with E-state index in [1.807, 2.05) is 30.5 Å². The predicted octanol–water partition coefficient (Wildman–Crippen LogP) is 1.31. The number of rotatable bonds is 4. The summed E-state index contributed by atoms with van der Waals surface area (Å²) < 4.78 is 1.78. The zero-order valence-electron chi connectivity index (χ0n) is 8.84. The van der Waals surface area contributed by atoms with Gasteiger partial charge in [0.15, 0.2) is 0 Å². The average molecular weight is 215 g/mol. The van der Waals surface area contributed by atoms with Crippen molar-refractivity contribution in [3.8, 4) is 0 Å². The Kier molecular flexibility index (Phi) is 3.33. The van der Waals surface area contributed by atoms with E-state index >= 15 is 0 Å². The largest absolute Gasteiger partial charge is 0.350 e. The molecule has 82 valence electrons. The average Bonchev–Trinajstić information content (AvgIpc) is 2.83. The molecular formula is C12H13N3O. The van der Waals surface area contributed by atoms with E-state index < -0.39 is 0 Å². The zero-order valence-corrected chi connectivity index (χ0v) is 8.84. The Labute approximate surface area is 93.9 Å². The molecule has 4 nitrogen and oxygen atoms in total. The first-order valence-corrected chi connectivity index (χ1v) is 5.17. The number of benzene rings is 1. The molecule has 0 aliphatic carbocycles. The molecule has 1 amide bonds. The zero-order chi connectivity index (χ0) is 11.2. The maximum atomic E-state index is 11.6. The van der Waals surface area contributed by atoms with Crippen molar-refractivity contribution in [3.05, 3.63) is 54.4 Å². The van der Waals surface area contributed by atoms with Crippen LogP contribution in [0.3, 0.4) is 0 Å². The second-order valence-electron chi connectivity index (χ2n) is 3.39. The molecule has 1 N–H and O–H groups in total. The second-order valence-corrected chi connectivity index (χ2v) is 3.39. The van der Waals surface area contributed by atoms with Crippen molar-refractivity contribution < 1.29 is 4.79 Å². The van der Waals surface area contributed by atoms with Crippen molar-refractivity contribution in [1.29, 1.82) is 0 Å². The van der Waals surface area contributed by atoms with Gasteiger partial charge in [0.25, 0.3) is 5.91 Å². The van der Waals surface area contributed by atoms with E-state index in [4.69, 9.17) is 0 Å². The molecular weight excluding hydrogens is 202 g/mol. The number of nitrogens with one attached hydrogen (secondary N) is 1. The SMILES string of the molecule is O=C(NCCn1cccn1)c1ccccc1. The van der Waals surface area contributed by atoms with Crippen molar-refractivity contribution >= 4 is 5.91 Å². The Balaban J connectivity index is 1.81. The first kappa shape index (κ1) is 10.4. The molecule has 0 bridgehead atoms. The predicted molar refractivity (Wildman–Crippen MR) is 61.0 cm³/mol. The van der Waals surface area contributed by atoms with Crippen LogP contribution < -0.4 is 5.32 Å². The highest BCUT2D eigenvalue weighted by Gasteiger charge is 2.02. The molecule has 2 rings (SSSR count). The summed E-state index contributed by atoms with van der Waals surface area (Å²) in [5.74, 6) is -0.0484. The molecule has 0 radical (unpaired) electrons. The van der Waals surface area contributed by atoms with Crippen LogP contribution in [0.15, 0.2) is 48.8 Å². The van der Waals surface area contributed by atoms with Crippen molar-refractivity contribution in [1.82, 2.24) is 15.1 Å². The minimum atomic E-state index is -0.0484. The molecule has 4 heteroatoms. The van der Waals surface area contributed by atoms with Crippen LogP contribution in [0.5, 0.6) is 0 Å². The molecule has 0 aliphatic rings. The van der Waals surface area contributed by atoms with Crippen molar-refractivity contribution in [2.75, 3.05) is 6.54 Å². The van der Waals surface area contributed by atoms with Crippen LogP contribution in [-0.2, 0) is 6.54 Å². The monoisotopic (exact) mass is 215 g/mol. The van der Waals surface area contributed by atoms with E-state index in [0.717, 1.165) is 0 Å². The number of carbonyl (C=O) groups is 1. The minimum absolute atomic E-state index is 0.0484. The van der Waals surface area contributed by atoms with Crippen LogP contribution >= 0.6 is 0 Å². The molecule has 0 saturated carbocycles. The van der Waals surface area contributed by atoms with Gasteiger partial charge in [-0.2, -0.15) is 5.10 Å². The van der Waals surface area contributed by atoms with Crippen molar-refractivity contribution in [2.45, 2.75) is 6.54 Å². The molecule has 0 fully saturated rings. The normalized spacial score (nSPS) is 10.0.